The van der Waals surface area contributed by atoms with Crippen LogP contribution in [0.3, 0.4) is 0 Å². The van der Waals surface area contributed by atoms with Gasteiger partial charge in [0, 0.05) is 13.8 Å². The Hall–Kier alpha value is -2.34. The minimum atomic E-state index is -4.34. The molecule has 3 aliphatic rings. The number of hydrogen-bond donors (Lipinski definition) is 2. The summed E-state index contributed by atoms with van der Waals surface area (Å²) in [5.41, 5.74) is 1.66. The lowest BCUT2D eigenvalue weighted by Gasteiger charge is -2.58. The first-order valence-corrected chi connectivity index (χ1v) is 15.7. The van der Waals surface area contributed by atoms with Crippen LogP contribution >= 0.6 is 0 Å². The number of hydrogen-bond acceptors (Lipinski definition) is 8. The highest BCUT2D eigenvalue weighted by Gasteiger charge is 2.58. The third-order valence-electron chi connectivity index (χ3n) is 8.67. The Kier molecular flexibility index (Phi) is 7.55. The summed E-state index contributed by atoms with van der Waals surface area (Å²) in [5.74, 6) is -0.371. The maximum absolute atomic E-state index is 13.2. The molecule has 37 heavy (non-hydrogen) atoms. The molecule has 1 aromatic rings. The summed E-state index contributed by atoms with van der Waals surface area (Å²) in [5, 5.41) is -0.598. The summed E-state index contributed by atoms with van der Waals surface area (Å²) in [6.45, 7) is 4.38. The maximum Gasteiger partial charge on any atom is 0.409 e. The number of benzene rings is 1. The smallest absolute Gasteiger partial charge is 0.409 e. The third kappa shape index (κ3) is 5.19. The van der Waals surface area contributed by atoms with Gasteiger partial charge < -0.3 is 8.92 Å². The molecule has 2 amide bonds. The van der Waals surface area contributed by atoms with Crippen molar-refractivity contribution in [3.63, 3.8) is 0 Å². The van der Waals surface area contributed by atoms with E-state index in [9.17, 15) is 26.4 Å². The molecular formula is C25H36N2O8S2. The van der Waals surface area contributed by atoms with Gasteiger partial charge in [-0.05, 0) is 91.4 Å². The minimum Gasteiger partial charge on any atom is -0.493 e. The van der Waals surface area contributed by atoms with Crippen molar-refractivity contribution in [2.75, 3.05) is 7.11 Å². The van der Waals surface area contributed by atoms with Crippen LogP contribution in [0, 0.1) is 17.3 Å². The first-order chi connectivity index (χ1) is 17.3. The third-order valence-corrected chi connectivity index (χ3v) is 11.6. The number of rotatable bonds is 7. The number of sulfonamides is 1. The van der Waals surface area contributed by atoms with Gasteiger partial charge in [0.2, 0.25) is 21.8 Å². The molecule has 1 aromatic carbocycles. The number of methoxy groups -OCH3 is 1. The van der Waals surface area contributed by atoms with E-state index in [4.69, 9.17) is 8.92 Å². The van der Waals surface area contributed by atoms with Crippen molar-refractivity contribution < 1.29 is 35.3 Å². The van der Waals surface area contributed by atoms with Gasteiger partial charge in [-0.2, -0.15) is 8.42 Å². The normalized spacial score (nSPS) is 29.2. The summed E-state index contributed by atoms with van der Waals surface area (Å²) in [6, 6.07) is 3.51. The van der Waals surface area contributed by atoms with Gasteiger partial charge in [-0.3, -0.25) is 14.3 Å². The van der Waals surface area contributed by atoms with Crippen LogP contribution in [0.2, 0.25) is 0 Å². The standard InChI is InChI=1S/C25H36N2O8S2/c1-5-25-12-11-18-19(21(25)7-6-8-24(25)36(30,31)26-15(2)28)10-9-17-13-23(22(34-4)14-20(17)18)35-37(32,33)27-16(3)29/h13-14,18-19,21,24H,5-12H2,1-4H3,(H,26,28)(H,27,29)/t18?,19?,21?,24-,25-/m0/s1. The van der Waals surface area contributed by atoms with Gasteiger partial charge in [0.1, 0.15) is 0 Å². The monoisotopic (exact) mass is 556 g/mol. The zero-order chi connectivity index (χ0) is 27.2. The predicted octanol–water partition coefficient (Wildman–Crippen LogP) is 2.93. The highest BCUT2D eigenvalue weighted by Crippen LogP contribution is 2.62. The Morgan fingerprint density at radius 3 is 2.32 bits per heavy atom. The molecular weight excluding hydrogens is 520 g/mol. The van der Waals surface area contributed by atoms with E-state index in [-0.39, 0.29) is 29.3 Å². The maximum atomic E-state index is 13.2. The predicted molar refractivity (Wildman–Crippen MR) is 137 cm³/mol. The van der Waals surface area contributed by atoms with Gasteiger partial charge in [-0.25, -0.2) is 13.1 Å². The topological polar surface area (TPSA) is 145 Å². The number of nitrogens with one attached hydrogen (secondary N) is 2. The second-order valence-electron chi connectivity index (χ2n) is 10.6. The van der Waals surface area contributed by atoms with Crippen LogP contribution in [-0.4, -0.2) is 41.0 Å². The zero-order valence-electron chi connectivity index (χ0n) is 21.7. The van der Waals surface area contributed by atoms with Crippen LogP contribution in [0.25, 0.3) is 0 Å². The average molecular weight is 557 g/mol. The molecule has 3 aliphatic carbocycles. The van der Waals surface area contributed by atoms with Crippen molar-refractivity contribution >= 4 is 32.1 Å². The van der Waals surface area contributed by atoms with E-state index < -0.39 is 42.8 Å². The van der Waals surface area contributed by atoms with Crippen LogP contribution in [0.5, 0.6) is 11.5 Å². The lowest BCUT2D eigenvalue weighted by Crippen LogP contribution is -2.57. The van der Waals surface area contributed by atoms with Crippen molar-refractivity contribution in [3.05, 3.63) is 23.3 Å². The molecule has 2 N–H and O–H groups in total. The fourth-order valence-corrected chi connectivity index (χ4v) is 10.3. The van der Waals surface area contributed by atoms with Gasteiger partial charge in [0.25, 0.3) is 0 Å². The molecule has 12 heteroatoms. The zero-order valence-corrected chi connectivity index (χ0v) is 23.3. The molecule has 0 saturated heterocycles. The number of fused-ring (bicyclic) bond motifs is 5. The molecule has 0 heterocycles. The summed E-state index contributed by atoms with van der Waals surface area (Å²) in [4.78, 5) is 22.9. The van der Waals surface area contributed by atoms with E-state index in [0.29, 0.717) is 12.8 Å². The molecule has 2 saturated carbocycles. The molecule has 2 fully saturated rings. The Bertz CT molecular complexity index is 1290. The van der Waals surface area contributed by atoms with Crippen LogP contribution < -0.4 is 18.4 Å². The largest absolute Gasteiger partial charge is 0.493 e. The van der Waals surface area contributed by atoms with Crippen molar-refractivity contribution in [2.45, 2.75) is 83.3 Å². The minimum absolute atomic E-state index is 0.0197. The number of carbonyl (C=O) groups is 2. The molecule has 0 radical (unpaired) electrons. The second kappa shape index (κ2) is 10.1. The number of aryl methyl sites for hydroxylation is 1. The number of ether oxygens (including phenoxy) is 1. The van der Waals surface area contributed by atoms with E-state index in [2.05, 4.69) is 11.6 Å². The SMILES string of the molecule is CC[C@]12CCC3c4cc(OC)c(OS(=O)(=O)NC(C)=O)cc4CCC3C1CCC[C@@H]2S(=O)(=O)NC(C)=O. The molecule has 3 unspecified atom stereocenters. The quantitative estimate of drug-likeness (QED) is 0.522. The van der Waals surface area contributed by atoms with Crippen LogP contribution in [-0.2, 0) is 36.3 Å². The molecule has 0 aromatic heterocycles. The molecule has 0 bridgehead atoms. The van der Waals surface area contributed by atoms with Crippen molar-refractivity contribution in [1.29, 1.82) is 0 Å². The van der Waals surface area contributed by atoms with Gasteiger partial charge in [0.15, 0.2) is 11.5 Å². The van der Waals surface area contributed by atoms with Crippen LogP contribution in [0.4, 0.5) is 0 Å². The van der Waals surface area contributed by atoms with E-state index in [1.807, 2.05) is 6.07 Å². The first kappa shape index (κ1) is 27.7. The molecule has 5 atom stereocenters. The average Bonchev–Trinajstić information content (AvgIpc) is 2.80. The summed E-state index contributed by atoms with van der Waals surface area (Å²) >= 11 is 0. The Balaban J connectivity index is 1.68. The van der Waals surface area contributed by atoms with Crippen molar-refractivity contribution in [2.24, 2.45) is 17.3 Å². The van der Waals surface area contributed by atoms with E-state index in [1.54, 1.807) is 10.8 Å². The number of amides is 2. The highest BCUT2D eigenvalue weighted by molar-refractivity contribution is 7.90. The Labute approximate surface area is 219 Å². The Morgan fingerprint density at radius 1 is 1.00 bits per heavy atom. The van der Waals surface area contributed by atoms with Gasteiger partial charge >= 0.3 is 10.3 Å². The molecule has 4 rings (SSSR count). The Morgan fingerprint density at radius 2 is 1.70 bits per heavy atom. The van der Waals surface area contributed by atoms with Gasteiger partial charge in [0.05, 0.1) is 12.4 Å². The van der Waals surface area contributed by atoms with E-state index in [0.717, 1.165) is 56.6 Å². The first-order valence-electron chi connectivity index (χ1n) is 12.8. The fraction of sp³-hybridized carbons (Fsp3) is 0.680. The van der Waals surface area contributed by atoms with E-state index in [1.165, 1.54) is 14.0 Å². The number of carbonyl (C=O) groups excluding carboxylic acids is 2. The molecule has 10 nitrogen and oxygen atoms in total. The lowest BCUT2D eigenvalue weighted by atomic mass is 9.49. The highest BCUT2D eigenvalue weighted by atomic mass is 32.2. The van der Waals surface area contributed by atoms with E-state index >= 15 is 0 Å². The second-order valence-corrected chi connectivity index (χ2v) is 13.7. The molecule has 0 spiro atoms. The van der Waals surface area contributed by atoms with Crippen LogP contribution in [0.15, 0.2) is 12.1 Å². The molecule has 206 valence electrons. The van der Waals surface area contributed by atoms with Crippen molar-refractivity contribution in [3.8, 4) is 11.5 Å². The van der Waals surface area contributed by atoms with Gasteiger partial charge in [-0.1, -0.05) is 13.3 Å². The summed E-state index contributed by atoms with van der Waals surface area (Å²) in [6.07, 6.45) is 6.09. The van der Waals surface area contributed by atoms with Gasteiger partial charge in [-0.15, -0.1) is 0 Å². The van der Waals surface area contributed by atoms with Crippen LogP contribution in [0.1, 0.15) is 82.8 Å². The lowest BCUT2D eigenvalue weighted by molar-refractivity contribution is -0.118. The van der Waals surface area contributed by atoms with Crippen molar-refractivity contribution in [1.82, 2.24) is 9.44 Å². The summed E-state index contributed by atoms with van der Waals surface area (Å²) in [7, 11) is -6.69. The molecule has 0 aliphatic heterocycles. The fourth-order valence-electron chi connectivity index (χ4n) is 7.47. The summed E-state index contributed by atoms with van der Waals surface area (Å²) < 4.78 is 65.5.